The van der Waals surface area contributed by atoms with Crippen molar-refractivity contribution in [3.8, 4) is 0 Å². The molecule has 0 saturated heterocycles. The van der Waals surface area contributed by atoms with E-state index in [2.05, 4.69) is 11.7 Å². The van der Waals surface area contributed by atoms with Gasteiger partial charge >= 0.3 is 5.97 Å². The van der Waals surface area contributed by atoms with Crippen molar-refractivity contribution in [2.45, 2.75) is 26.2 Å². The van der Waals surface area contributed by atoms with E-state index in [1.54, 1.807) is 18.2 Å². The average molecular weight is 394 g/mol. The minimum absolute atomic E-state index is 0.156. The number of hydrogen-bond donors (Lipinski definition) is 0. The molecule has 0 N–H and O–H groups in total. The van der Waals surface area contributed by atoms with E-state index in [1.165, 1.54) is 18.1 Å². The molecular formula is C19H17Cl2NO4. The van der Waals surface area contributed by atoms with Gasteiger partial charge in [-0.05, 0) is 55.0 Å². The van der Waals surface area contributed by atoms with Crippen molar-refractivity contribution in [2.75, 3.05) is 12.0 Å². The van der Waals surface area contributed by atoms with Crippen LogP contribution >= 0.6 is 23.2 Å². The number of anilines is 1. The normalized spacial score (nSPS) is 20.5. The van der Waals surface area contributed by atoms with Crippen LogP contribution in [0.15, 0.2) is 34.4 Å². The molecular weight excluding hydrogens is 377 g/mol. The highest BCUT2D eigenvalue weighted by atomic mass is 35.5. The molecule has 0 radical (unpaired) electrons. The molecule has 2 aliphatic rings. The maximum atomic E-state index is 12.8. The van der Waals surface area contributed by atoms with E-state index in [4.69, 9.17) is 23.2 Å². The van der Waals surface area contributed by atoms with Gasteiger partial charge in [-0.25, -0.2) is 9.69 Å². The lowest BCUT2D eigenvalue weighted by atomic mass is 9.86. The quantitative estimate of drug-likeness (QED) is 0.440. The Kier molecular flexibility index (Phi) is 5.21. The zero-order valence-corrected chi connectivity index (χ0v) is 15.9. The van der Waals surface area contributed by atoms with Crippen LogP contribution < -0.4 is 4.90 Å². The van der Waals surface area contributed by atoms with Crippen LogP contribution in [0.3, 0.4) is 0 Å². The second-order valence-corrected chi connectivity index (χ2v) is 7.25. The molecule has 0 spiro atoms. The zero-order valence-electron chi connectivity index (χ0n) is 14.3. The van der Waals surface area contributed by atoms with Gasteiger partial charge < -0.3 is 4.74 Å². The number of ether oxygens (including phenoxy) is 1. The van der Waals surface area contributed by atoms with Crippen LogP contribution in [-0.4, -0.2) is 24.9 Å². The molecule has 1 aliphatic heterocycles. The summed E-state index contributed by atoms with van der Waals surface area (Å²) in [5.41, 5.74) is 2.02. The number of halogens is 2. The topological polar surface area (TPSA) is 63.7 Å². The van der Waals surface area contributed by atoms with Crippen LogP contribution in [0, 0.1) is 5.92 Å². The van der Waals surface area contributed by atoms with Crippen LogP contribution in [0.1, 0.15) is 31.7 Å². The van der Waals surface area contributed by atoms with Gasteiger partial charge in [0, 0.05) is 16.2 Å². The number of esters is 1. The minimum atomic E-state index is -0.701. The van der Waals surface area contributed by atoms with Crippen molar-refractivity contribution in [2.24, 2.45) is 5.92 Å². The Hall–Kier alpha value is -2.11. The highest BCUT2D eigenvalue weighted by molar-refractivity contribution is 6.43. The lowest BCUT2D eigenvalue weighted by Gasteiger charge is -2.17. The lowest BCUT2D eigenvalue weighted by molar-refractivity contribution is -0.135. The second-order valence-electron chi connectivity index (χ2n) is 6.44. The summed E-state index contributed by atoms with van der Waals surface area (Å²) in [6.45, 7) is 2.07. The Balaban J connectivity index is 1.96. The fourth-order valence-electron chi connectivity index (χ4n) is 3.24. The summed E-state index contributed by atoms with van der Waals surface area (Å²) in [7, 11) is 1.22. The molecule has 5 nitrogen and oxygen atoms in total. The third-order valence-corrected chi connectivity index (χ3v) is 5.23. The number of benzene rings is 1. The van der Waals surface area contributed by atoms with Crippen molar-refractivity contribution in [1.29, 1.82) is 0 Å². The van der Waals surface area contributed by atoms with Gasteiger partial charge in [-0.2, -0.15) is 0 Å². The van der Waals surface area contributed by atoms with E-state index in [0.29, 0.717) is 46.2 Å². The molecule has 26 heavy (non-hydrogen) atoms. The van der Waals surface area contributed by atoms with Crippen LogP contribution in [-0.2, 0) is 19.1 Å². The first kappa shape index (κ1) is 18.7. The molecule has 0 saturated carbocycles. The maximum Gasteiger partial charge on any atom is 0.349 e. The van der Waals surface area contributed by atoms with E-state index in [-0.39, 0.29) is 16.8 Å². The van der Waals surface area contributed by atoms with Crippen molar-refractivity contribution in [1.82, 2.24) is 0 Å². The number of carbonyl (C=O) groups excluding carboxylic acids is 3. The SMILES string of the molecule is COC(=O)/C(Cl)=C/c1cc(N2C(=O)C3=C(CC(C)CC3)C2=O)ccc1Cl. The number of rotatable bonds is 3. The first-order valence-corrected chi connectivity index (χ1v) is 8.95. The minimum Gasteiger partial charge on any atom is -0.465 e. The highest BCUT2D eigenvalue weighted by Gasteiger charge is 2.41. The van der Waals surface area contributed by atoms with E-state index in [1.807, 2.05) is 0 Å². The van der Waals surface area contributed by atoms with Crippen LogP contribution in [0.4, 0.5) is 5.69 Å². The fourth-order valence-corrected chi connectivity index (χ4v) is 3.61. The molecule has 1 aliphatic carbocycles. The van der Waals surface area contributed by atoms with Gasteiger partial charge in [0.15, 0.2) is 0 Å². The summed E-state index contributed by atoms with van der Waals surface area (Å²) in [5.74, 6) is -0.887. The van der Waals surface area contributed by atoms with E-state index < -0.39 is 5.97 Å². The van der Waals surface area contributed by atoms with E-state index >= 15 is 0 Å². The number of carbonyl (C=O) groups is 3. The first-order valence-electron chi connectivity index (χ1n) is 8.19. The van der Waals surface area contributed by atoms with Gasteiger partial charge in [-0.3, -0.25) is 9.59 Å². The van der Waals surface area contributed by atoms with Crippen LogP contribution in [0.25, 0.3) is 6.08 Å². The highest BCUT2D eigenvalue weighted by Crippen LogP contribution is 2.38. The molecule has 0 aromatic heterocycles. The van der Waals surface area contributed by atoms with Gasteiger partial charge in [0.25, 0.3) is 11.8 Å². The lowest BCUT2D eigenvalue weighted by Crippen LogP contribution is -2.31. The smallest absolute Gasteiger partial charge is 0.349 e. The molecule has 1 aromatic carbocycles. The van der Waals surface area contributed by atoms with Gasteiger partial charge in [0.05, 0.1) is 12.8 Å². The molecule has 1 atom stereocenters. The monoisotopic (exact) mass is 393 g/mol. The summed E-state index contributed by atoms with van der Waals surface area (Å²) in [6, 6.07) is 4.72. The Morgan fingerprint density at radius 2 is 1.96 bits per heavy atom. The van der Waals surface area contributed by atoms with E-state index in [0.717, 1.165) is 6.42 Å². The number of amides is 2. The average Bonchev–Trinajstić information content (AvgIpc) is 2.86. The van der Waals surface area contributed by atoms with Crippen molar-refractivity contribution in [3.05, 3.63) is 45.0 Å². The molecule has 1 unspecified atom stereocenters. The predicted molar refractivity (Wildman–Crippen MR) is 99.8 cm³/mol. The molecule has 1 aromatic rings. The maximum absolute atomic E-state index is 12.8. The molecule has 7 heteroatoms. The fraction of sp³-hybridized carbons (Fsp3) is 0.316. The van der Waals surface area contributed by atoms with Gasteiger partial charge in [-0.1, -0.05) is 30.1 Å². The van der Waals surface area contributed by atoms with E-state index in [9.17, 15) is 14.4 Å². The molecule has 0 fully saturated rings. The summed E-state index contributed by atoms with van der Waals surface area (Å²) in [5, 5.41) is 0.179. The Morgan fingerprint density at radius 3 is 2.65 bits per heavy atom. The van der Waals surface area contributed by atoms with Crippen LogP contribution in [0.5, 0.6) is 0 Å². The zero-order chi connectivity index (χ0) is 19.0. The second kappa shape index (κ2) is 7.25. The molecule has 1 heterocycles. The summed E-state index contributed by atoms with van der Waals surface area (Å²) in [4.78, 5) is 38.1. The number of nitrogens with zero attached hydrogens (tertiary/aromatic N) is 1. The molecule has 2 amide bonds. The van der Waals surface area contributed by atoms with Crippen LogP contribution in [0.2, 0.25) is 5.02 Å². The summed E-state index contributed by atoms with van der Waals surface area (Å²) >= 11 is 12.0. The van der Waals surface area contributed by atoms with Crippen molar-refractivity contribution in [3.63, 3.8) is 0 Å². The third-order valence-electron chi connectivity index (χ3n) is 4.63. The summed E-state index contributed by atoms with van der Waals surface area (Å²) in [6.07, 6.45) is 3.48. The Bertz CT molecular complexity index is 872. The number of methoxy groups -OCH3 is 1. The van der Waals surface area contributed by atoms with Crippen molar-refractivity contribution >= 4 is 52.7 Å². The largest absolute Gasteiger partial charge is 0.465 e. The molecule has 136 valence electrons. The number of hydrogen-bond acceptors (Lipinski definition) is 4. The molecule has 3 rings (SSSR count). The van der Waals surface area contributed by atoms with Gasteiger partial charge in [0.1, 0.15) is 5.03 Å². The molecule has 0 bridgehead atoms. The van der Waals surface area contributed by atoms with Gasteiger partial charge in [-0.15, -0.1) is 0 Å². The predicted octanol–water partition coefficient (Wildman–Crippen LogP) is 4.08. The first-order chi connectivity index (χ1) is 12.3. The Labute approximate surface area is 161 Å². The third kappa shape index (κ3) is 3.29. The Morgan fingerprint density at radius 1 is 1.27 bits per heavy atom. The summed E-state index contributed by atoms with van der Waals surface area (Å²) < 4.78 is 4.55. The standard InChI is InChI=1S/C19H17Cl2NO4/c1-10-3-5-13-14(7-10)18(24)22(17(13)23)12-4-6-15(20)11(8-12)9-16(21)19(25)26-2/h4,6,8-10H,3,5,7H2,1-2H3/b16-9-. The van der Waals surface area contributed by atoms with Crippen molar-refractivity contribution < 1.29 is 19.1 Å². The van der Waals surface area contributed by atoms with Gasteiger partial charge in [0.2, 0.25) is 0 Å². The number of imide groups is 1.